The minimum atomic E-state index is -1.28. The van der Waals surface area contributed by atoms with E-state index in [4.69, 9.17) is 5.53 Å². The third kappa shape index (κ3) is 4.07. The van der Waals surface area contributed by atoms with Gasteiger partial charge in [-0.2, -0.15) is 5.11 Å². The Bertz CT molecular complexity index is 1030. The van der Waals surface area contributed by atoms with Crippen molar-refractivity contribution in [2.24, 2.45) is 5.11 Å². The van der Waals surface area contributed by atoms with Gasteiger partial charge in [0.05, 0.1) is 17.7 Å². The maximum absolute atomic E-state index is 15.0. The lowest BCUT2D eigenvalue weighted by molar-refractivity contribution is 0.0695. The highest BCUT2D eigenvalue weighted by atomic mass is 19.1. The van der Waals surface area contributed by atoms with Crippen LogP contribution in [0.25, 0.3) is 10.9 Å². The van der Waals surface area contributed by atoms with Gasteiger partial charge in [-0.05, 0) is 44.4 Å². The number of anilines is 1. The van der Waals surface area contributed by atoms with Crippen molar-refractivity contribution in [2.45, 2.75) is 31.7 Å². The zero-order valence-electron chi connectivity index (χ0n) is 16.8. The molecule has 160 valence electrons. The smallest absolute Gasteiger partial charge is 0.341 e. The highest BCUT2D eigenvalue weighted by Crippen LogP contribution is 2.38. The van der Waals surface area contributed by atoms with Crippen LogP contribution in [0.1, 0.15) is 42.1 Å². The van der Waals surface area contributed by atoms with Gasteiger partial charge in [-0.1, -0.05) is 0 Å². The Kier molecular flexibility index (Phi) is 5.80. The van der Waals surface area contributed by atoms with E-state index in [1.54, 1.807) is 6.07 Å². The number of rotatable bonds is 8. The van der Waals surface area contributed by atoms with Crippen LogP contribution in [0.3, 0.4) is 0 Å². The summed E-state index contributed by atoms with van der Waals surface area (Å²) in [6.07, 6.45) is 5.16. The number of nitrogens with zero attached hydrogens (tertiary/aromatic N) is 4. The first-order valence-electron chi connectivity index (χ1n) is 10.4. The zero-order valence-corrected chi connectivity index (χ0v) is 16.8. The Labute approximate surface area is 173 Å². The van der Waals surface area contributed by atoms with Crippen molar-refractivity contribution in [1.29, 1.82) is 5.53 Å². The monoisotopic (exact) mass is 415 g/mol. The standard InChI is InChI=1S/C21H26FN5O3/c22-17-11-15-18(27(14-3-4-14)13-16(20(15)28)21(29)30)12-19(17)26-9-7-25(8-10-26)6-2-1-5-24-23/h11-14,23H,1-10H2,(H,29,30). The van der Waals surface area contributed by atoms with E-state index in [1.165, 1.54) is 12.3 Å². The van der Waals surface area contributed by atoms with Crippen molar-refractivity contribution < 1.29 is 14.3 Å². The zero-order chi connectivity index (χ0) is 21.3. The number of carboxylic acid groups (broad SMARTS) is 1. The summed E-state index contributed by atoms with van der Waals surface area (Å²) in [4.78, 5) is 28.4. The number of unbranched alkanes of at least 4 members (excludes halogenated alkanes) is 1. The lowest BCUT2D eigenvalue weighted by atomic mass is 10.1. The summed E-state index contributed by atoms with van der Waals surface area (Å²) in [5.41, 5.74) is 6.96. The van der Waals surface area contributed by atoms with Crippen LogP contribution < -0.4 is 10.3 Å². The molecular weight excluding hydrogens is 389 g/mol. The molecule has 1 aromatic carbocycles. The second-order valence-corrected chi connectivity index (χ2v) is 8.05. The molecule has 9 heteroatoms. The van der Waals surface area contributed by atoms with Crippen LogP contribution in [0, 0.1) is 11.3 Å². The molecule has 30 heavy (non-hydrogen) atoms. The van der Waals surface area contributed by atoms with Crippen LogP contribution in [0.2, 0.25) is 0 Å². The van der Waals surface area contributed by atoms with Gasteiger partial charge < -0.3 is 14.6 Å². The first kappa shape index (κ1) is 20.5. The van der Waals surface area contributed by atoms with Crippen LogP contribution in [-0.4, -0.2) is 59.8 Å². The number of piperazine rings is 1. The topological polar surface area (TPSA) is 102 Å². The van der Waals surface area contributed by atoms with E-state index in [0.29, 0.717) is 30.8 Å². The summed E-state index contributed by atoms with van der Waals surface area (Å²) in [5, 5.41) is 12.9. The summed E-state index contributed by atoms with van der Waals surface area (Å²) in [6.45, 7) is 4.53. The molecule has 1 saturated carbocycles. The van der Waals surface area contributed by atoms with Crippen LogP contribution >= 0.6 is 0 Å². The Morgan fingerprint density at radius 2 is 1.93 bits per heavy atom. The molecule has 2 heterocycles. The van der Waals surface area contributed by atoms with E-state index < -0.39 is 17.2 Å². The number of nitrogens with one attached hydrogen (secondary N) is 1. The maximum atomic E-state index is 15.0. The molecule has 2 fully saturated rings. The molecule has 2 N–H and O–H groups in total. The molecule has 1 saturated heterocycles. The quantitative estimate of drug-likeness (QED) is 0.510. The first-order chi connectivity index (χ1) is 14.5. The number of benzene rings is 1. The van der Waals surface area contributed by atoms with Gasteiger partial charge >= 0.3 is 5.97 Å². The summed E-state index contributed by atoms with van der Waals surface area (Å²) < 4.78 is 16.8. The van der Waals surface area contributed by atoms with Crippen LogP contribution in [-0.2, 0) is 0 Å². The molecule has 0 bridgehead atoms. The molecule has 0 unspecified atom stereocenters. The third-order valence-electron chi connectivity index (χ3n) is 5.98. The fraction of sp³-hybridized carbons (Fsp3) is 0.524. The van der Waals surface area contributed by atoms with Crippen molar-refractivity contribution in [3.05, 3.63) is 39.9 Å². The molecule has 1 aliphatic heterocycles. The number of halogens is 1. The summed E-state index contributed by atoms with van der Waals surface area (Å²) >= 11 is 0. The first-order valence-corrected chi connectivity index (χ1v) is 10.4. The fourth-order valence-corrected chi connectivity index (χ4v) is 4.15. The molecule has 0 atom stereocenters. The SMILES string of the molecule is N=NCCCCN1CCN(c2cc3c(cc2F)c(=O)c(C(=O)O)cn3C2CC2)CC1. The van der Waals surface area contributed by atoms with Gasteiger partial charge in [0.2, 0.25) is 5.43 Å². The van der Waals surface area contributed by atoms with Gasteiger partial charge in [-0.3, -0.25) is 9.69 Å². The largest absolute Gasteiger partial charge is 0.477 e. The number of carboxylic acids is 1. The molecule has 2 aromatic rings. The van der Waals surface area contributed by atoms with Gasteiger partial charge in [-0.25, -0.2) is 14.7 Å². The lowest BCUT2D eigenvalue weighted by Gasteiger charge is -2.36. The maximum Gasteiger partial charge on any atom is 0.341 e. The predicted octanol–water partition coefficient (Wildman–Crippen LogP) is 3.11. The summed E-state index contributed by atoms with van der Waals surface area (Å²) in [5.74, 6) is -1.77. The summed E-state index contributed by atoms with van der Waals surface area (Å²) in [6, 6.07) is 3.08. The average Bonchev–Trinajstić information content (AvgIpc) is 3.57. The van der Waals surface area contributed by atoms with Crippen molar-refractivity contribution >= 4 is 22.6 Å². The van der Waals surface area contributed by atoms with Gasteiger partial charge in [0.1, 0.15) is 11.4 Å². The third-order valence-corrected chi connectivity index (χ3v) is 5.98. The van der Waals surface area contributed by atoms with Gasteiger partial charge in [0.25, 0.3) is 0 Å². The van der Waals surface area contributed by atoms with Crippen molar-refractivity contribution in [2.75, 3.05) is 44.2 Å². The average molecular weight is 415 g/mol. The van der Waals surface area contributed by atoms with Crippen molar-refractivity contribution in [3.8, 4) is 0 Å². The molecule has 0 amide bonds. The Hall–Kier alpha value is -2.81. The second-order valence-electron chi connectivity index (χ2n) is 8.05. The van der Waals surface area contributed by atoms with E-state index in [-0.39, 0.29) is 17.0 Å². The van der Waals surface area contributed by atoms with E-state index >= 15 is 0 Å². The minimum Gasteiger partial charge on any atom is -0.477 e. The number of hydrogen-bond acceptors (Lipinski definition) is 6. The van der Waals surface area contributed by atoms with E-state index in [0.717, 1.165) is 45.3 Å². The van der Waals surface area contributed by atoms with Gasteiger partial charge in [0, 0.05) is 43.8 Å². The minimum absolute atomic E-state index is 0.126. The van der Waals surface area contributed by atoms with E-state index in [9.17, 15) is 19.1 Å². The van der Waals surface area contributed by atoms with Gasteiger partial charge in [0.15, 0.2) is 0 Å². The fourth-order valence-electron chi connectivity index (χ4n) is 4.15. The van der Waals surface area contributed by atoms with E-state index in [1.807, 2.05) is 9.47 Å². The van der Waals surface area contributed by atoms with Crippen LogP contribution in [0.5, 0.6) is 0 Å². The molecule has 8 nitrogen and oxygen atoms in total. The number of fused-ring (bicyclic) bond motifs is 1. The van der Waals surface area contributed by atoms with Crippen molar-refractivity contribution in [3.63, 3.8) is 0 Å². The highest BCUT2D eigenvalue weighted by Gasteiger charge is 2.28. The predicted molar refractivity (Wildman–Crippen MR) is 111 cm³/mol. The highest BCUT2D eigenvalue weighted by molar-refractivity contribution is 5.93. The molecule has 1 aliphatic carbocycles. The van der Waals surface area contributed by atoms with Crippen LogP contribution in [0.15, 0.2) is 28.2 Å². The molecule has 2 aliphatic rings. The number of aromatic nitrogens is 1. The second kappa shape index (κ2) is 8.51. The number of aromatic carboxylic acids is 1. The Morgan fingerprint density at radius 1 is 1.20 bits per heavy atom. The van der Waals surface area contributed by atoms with Crippen LogP contribution in [0.4, 0.5) is 10.1 Å². The van der Waals surface area contributed by atoms with Crippen molar-refractivity contribution in [1.82, 2.24) is 9.47 Å². The molecular formula is C21H26FN5O3. The molecule has 0 spiro atoms. The molecule has 0 radical (unpaired) electrons. The Balaban J connectivity index is 1.59. The van der Waals surface area contributed by atoms with Gasteiger partial charge in [-0.15, -0.1) is 0 Å². The molecule has 4 rings (SSSR count). The molecule has 1 aromatic heterocycles. The lowest BCUT2D eigenvalue weighted by Crippen LogP contribution is -2.47. The van der Waals surface area contributed by atoms with E-state index in [2.05, 4.69) is 10.0 Å². The number of hydrogen-bond donors (Lipinski definition) is 2. The summed E-state index contributed by atoms with van der Waals surface area (Å²) in [7, 11) is 0. The normalized spacial score (nSPS) is 17.4. The number of pyridine rings is 1. The Morgan fingerprint density at radius 3 is 2.57 bits per heavy atom. The number of carbonyl (C=O) groups is 1.